The third-order valence-electron chi connectivity index (χ3n) is 2.99. The second-order valence-electron chi connectivity index (χ2n) is 4.15. The van der Waals surface area contributed by atoms with E-state index in [2.05, 4.69) is 39.2 Å². The quantitative estimate of drug-likeness (QED) is 0.825. The SMILES string of the molecule is CCN(Cc1sccc1Br)CC1CCCO1. The molecule has 0 N–H and O–H groups in total. The highest BCUT2D eigenvalue weighted by Gasteiger charge is 2.19. The van der Waals surface area contributed by atoms with Crippen molar-refractivity contribution >= 4 is 27.3 Å². The molecule has 0 saturated carbocycles. The maximum absolute atomic E-state index is 5.68. The Balaban J connectivity index is 1.87. The average Bonchev–Trinajstić information content (AvgIpc) is 2.90. The highest BCUT2D eigenvalue weighted by molar-refractivity contribution is 9.10. The zero-order valence-electron chi connectivity index (χ0n) is 9.62. The Kier molecular flexibility index (Phi) is 4.82. The number of hydrogen-bond donors (Lipinski definition) is 0. The van der Waals surface area contributed by atoms with Crippen LogP contribution < -0.4 is 0 Å². The van der Waals surface area contributed by atoms with Crippen LogP contribution in [0.3, 0.4) is 0 Å². The fourth-order valence-corrected chi connectivity index (χ4v) is 3.54. The Morgan fingerprint density at radius 2 is 2.50 bits per heavy atom. The summed E-state index contributed by atoms with van der Waals surface area (Å²) in [4.78, 5) is 3.88. The molecule has 90 valence electrons. The Morgan fingerprint density at radius 1 is 1.62 bits per heavy atom. The molecule has 0 bridgehead atoms. The van der Waals surface area contributed by atoms with Crippen molar-refractivity contribution in [3.05, 3.63) is 20.8 Å². The molecule has 0 radical (unpaired) electrons. The third-order valence-corrected chi connectivity index (χ3v) is 4.90. The van der Waals surface area contributed by atoms with Crippen molar-refractivity contribution in [2.75, 3.05) is 19.7 Å². The van der Waals surface area contributed by atoms with Gasteiger partial charge in [0.1, 0.15) is 0 Å². The first-order chi connectivity index (χ1) is 7.79. The topological polar surface area (TPSA) is 12.5 Å². The number of hydrogen-bond acceptors (Lipinski definition) is 3. The minimum Gasteiger partial charge on any atom is -0.377 e. The first-order valence-electron chi connectivity index (χ1n) is 5.85. The minimum atomic E-state index is 0.457. The number of thiophene rings is 1. The molecule has 1 aromatic rings. The summed E-state index contributed by atoms with van der Waals surface area (Å²) < 4.78 is 6.92. The van der Waals surface area contributed by atoms with Gasteiger partial charge in [0, 0.05) is 29.0 Å². The monoisotopic (exact) mass is 303 g/mol. The van der Waals surface area contributed by atoms with Gasteiger partial charge in [-0.25, -0.2) is 0 Å². The van der Waals surface area contributed by atoms with Crippen LogP contribution in [0.2, 0.25) is 0 Å². The van der Waals surface area contributed by atoms with Gasteiger partial charge in [0.2, 0.25) is 0 Å². The van der Waals surface area contributed by atoms with Crippen LogP contribution >= 0.6 is 27.3 Å². The van der Waals surface area contributed by atoms with Crippen molar-refractivity contribution in [2.24, 2.45) is 0 Å². The van der Waals surface area contributed by atoms with E-state index in [1.54, 1.807) is 0 Å². The number of rotatable bonds is 5. The van der Waals surface area contributed by atoms with Gasteiger partial charge in [-0.3, -0.25) is 4.90 Å². The van der Waals surface area contributed by atoms with Crippen LogP contribution in [0.1, 0.15) is 24.6 Å². The zero-order valence-corrected chi connectivity index (χ0v) is 12.0. The molecule has 1 aliphatic heterocycles. The van der Waals surface area contributed by atoms with Crippen molar-refractivity contribution in [3.63, 3.8) is 0 Å². The zero-order chi connectivity index (χ0) is 11.4. The van der Waals surface area contributed by atoms with Crippen LogP contribution in [0.5, 0.6) is 0 Å². The molecule has 4 heteroatoms. The molecule has 0 aliphatic carbocycles. The van der Waals surface area contributed by atoms with Gasteiger partial charge in [-0.2, -0.15) is 0 Å². The van der Waals surface area contributed by atoms with Crippen LogP contribution in [0.4, 0.5) is 0 Å². The second kappa shape index (κ2) is 6.15. The minimum absolute atomic E-state index is 0.457. The number of ether oxygens (including phenoxy) is 1. The molecule has 1 aliphatic rings. The number of halogens is 1. The van der Waals surface area contributed by atoms with Crippen molar-refractivity contribution in [2.45, 2.75) is 32.4 Å². The lowest BCUT2D eigenvalue weighted by Gasteiger charge is -2.23. The fraction of sp³-hybridized carbons (Fsp3) is 0.667. The molecule has 2 rings (SSSR count). The summed E-state index contributed by atoms with van der Waals surface area (Å²) in [6.45, 7) is 6.36. The molecule has 0 spiro atoms. The van der Waals surface area contributed by atoms with Crippen LogP contribution in [0.15, 0.2) is 15.9 Å². The van der Waals surface area contributed by atoms with E-state index in [0.717, 1.165) is 26.2 Å². The molecule has 16 heavy (non-hydrogen) atoms. The molecule has 0 aromatic carbocycles. The van der Waals surface area contributed by atoms with Gasteiger partial charge in [-0.15, -0.1) is 11.3 Å². The van der Waals surface area contributed by atoms with Gasteiger partial charge in [-0.05, 0) is 46.8 Å². The molecule has 1 unspecified atom stereocenters. The van der Waals surface area contributed by atoms with Gasteiger partial charge in [0.25, 0.3) is 0 Å². The van der Waals surface area contributed by atoms with Gasteiger partial charge in [0.15, 0.2) is 0 Å². The average molecular weight is 304 g/mol. The normalized spacial score (nSPS) is 20.8. The molecule has 1 aromatic heterocycles. The largest absolute Gasteiger partial charge is 0.377 e. The van der Waals surface area contributed by atoms with E-state index in [4.69, 9.17) is 4.74 Å². The van der Waals surface area contributed by atoms with Crippen LogP contribution in [-0.2, 0) is 11.3 Å². The molecule has 2 nitrogen and oxygen atoms in total. The number of likely N-dealkylation sites (N-methyl/N-ethyl adjacent to an activating group) is 1. The predicted molar refractivity (Wildman–Crippen MR) is 71.9 cm³/mol. The Hall–Kier alpha value is 0.1000. The van der Waals surface area contributed by atoms with Gasteiger partial charge < -0.3 is 4.74 Å². The van der Waals surface area contributed by atoms with Gasteiger partial charge >= 0.3 is 0 Å². The van der Waals surface area contributed by atoms with Crippen LogP contribution in [-0.4, -0.2) is 30.7 Å². The highest BCUT2D eigenvalue weighted by atomic mass is 79.9. The lowest BCUT2D eigenvalue weighted by Crippen LogP contribution is -2.31. The predicted octanol–water partition coefficient (Wildman–Crippen LogP) is 3.51. The summed E-state index contributed by atoms with van der Waals surface area (Å²) in [5.74, 6) is 0. The molecule has 0 amide bonds. The Bertz CT molecular complexity index is 323. The first kappa shape index (κ1) is 12.6. The van der Waals surface area contributed by atoms with Crippen molar-refractivity contribution in [1.82, 2.24) is 4.90 Å². The Labute approximate surface area is 110 Å². The summed E-state index contributed by atoms with van der Waals surface area (Å²) in [5.41, 5.74) is 0. The first-order valence-corrected chi connectivity index (χ1v) is 7.52. The standard InChI is InChI=1S/C12H18BrNOS/c1-2-14(8-10-4-3-6-15-10)9-12-11(13)5-7-16-12/h5,7,10H,2-4,6,8-9H2,1H3. The second-order valence-corrected chi connectivity index (χ2v) is 6.01. The number of nitrogens with zero attached hydrogens (tertiary/aromatic N) is 1. The van der Waals surface area contributed by atoms with Crippen LogP contribution in [0.25, 0.3) is 0 Å². The van der Waals surface area contributed by atoms with E-state index < -0.39 is 0 Å². The van der Waals surface area contributed by atoms with E-state index in [0.29, 0.717) is 6.10 Å². The van der Waals surface area contributed by atoms with Crippen molar-refractivity contribution in [1.29, 1.82) is 0 Å². The molecule has 2 heterocycles. The maximum atomic E-state index is 5.68. The van der Waals surface area contributed by atoms with E-state index in [-0.39, 0.29) is 0 Å². The molecular weight excluding hydrogens is 286 g/mol. The molecule has 1 saturated heterocycles. The summed E-state index contributed by atoms with van der Waals surface area (Å²) in [6.07, 6.45) is 2.91. The van der Waals surface area contributed by atoms with Crippen molar-refractivity contribution < 1.29 is 4.74 Å². The lowest BCUT2D eigenvalue weighted by molar-refractivity contribution is 0.0727. The summed E-state index contributed by atoms with van der Waals surface area (Å²) in [7, 11) is 0. The smallest absolute Gasteiger partial charge is 0.0702 e. The summed E-state index contributed by atoms with van der Waals surface area (Å²) in [6, 6.07) is 2.12. The van der Waals surface area contributed by atoms with E-state index in [1.165, 1.54) is 22.2 Å². The van der Waals surface area contributed by atoms with Crippen LogP contribution in [0, 0.1) is 0 Å². The van der Waals surface area contributed by atoms with E-state index in [1.807, 2.05) is 11.3 Å². The van der Waals surface area contributed by atoms with Gasteiger partial charge in [0.05, 0.1) is 6.10 Å². The third kappa shape index (κ3) is 3.29. The molecule has 1 fully saturated rings. The Morgan fingerprint density at radius 3 is 3.06 bits per heavy atom. The molecular formula is C12H18BrNOS. The van der Waals surface area contributed by atoms with Gasteiger partial charge in [-0.1, -0.05) is 6.92 Å². The van der Waals surface area contributed by atoms with Crippen molar-refractivity contribution in [3.8, 4) is 0 Å². The van der Waals surface area contributed by atoms with E-state index >= 15 is 0 Å². The maximum Gasteiger partial charge on any atom is 0.0702 e. The highest BCUT2D eigenvalue weighted by Crippen LogP contribution is 2.24. The summed E-state index contributed by atoms with van der Waals surface area (Å²) in [5, 5.41) is 2.14. The lowest BCUT2D eigenvalue weighted by atomic mass is 10.2. The van der Waals surface area contributed by atoms with E-state index in [9.17, 15) is 0 Å². The molecule has 1 atom stereocenters. The summed E-state index contributed by atoms with van der Waals surface area (Å²) >= 11 is 5.41. The fourth-order valence-electron chi connectivity index (χ4n) is 2.02.